The molecule has 106 valence electrons. The van der Waals surface area contributed by atoms with Crippen molar-refractivity contribution in [3.63, 3.8) is 0 Å². The van der Waals surface area contributed by atoms with Gasteiger partial charge in [0, 0.05) is 11.4 Å². The third-order valence-electron chi connectivity index (χ3n) is 2.98. The Bertz CT molecular complexity index is 603. The summed E-state index contributed by atoms with van der Waals surface area (Å²) in [5.41, 5.74) is 2.76. The third kappa shape index (κ3) is 3.38. The van der Waals surface area contributed by atoms with Crippen LogP contribution in [0.4, 0.5) is 8.78 Å². The molecule has 0 bridgehead atoms. The first-order valence-electron chi connectivity index (χ1n) is 6.39. The fourth-order valence-electron chi connectivity index (χ4n) is 2.04. The van der Waals surface area contributed by atoms with Gasteiger partial charge >= 0.3 is 0 Å². The Hall–Kier alpha value is -1.39. The molecule has 0 aliphatic carbocycles. The zero-order valence-corrected chi connectivity index (χ0v) is 12.6. The molecule has 0 atom stereocenters. The van der Waals surface area contributed by atoms with Gasteiger partial charge in [-0.3, -0.25) is 0 Å². The fraction of sp³-hybridized carbons (Fsp3) is 0.250. The molecule has 4 heteroatoms. The molecule has 0 aliphatic heterocycles. The quantitative estimate of drug-likeness (QED) is 0.893. The maximum Gasteiger partial charge on any atom is 0.140 e. The van der Waals surface area contributed by atoms with E-state index in [-0.39, 0.29) is 4.90 Å². The second-order valence-corrected chi connectivity index (χ2v) is 5.84. The van der Waals surface area contributed by atoms with Gasteiger partial charge in [-0.15, -0.1) is 0 Å². The molecule has 0 spiro atoms. The third-order valence-corrected chi connectivity index (χ3v) is 4.25. The summed E-state index contributed by atoms with van der Waals surface area (Å²) in [5, 5.41) is 2.88. The van der Waals surface area contributed by atoms with Gasteiger partial charge in [0.15, 0.2) is 0 Å². The van der Waals surface area contributed by atoms with Crippen LogP contribution in [0.5, 0.6) is 0 Å². The lowest BCUT2D eigenvalue weighted by molar-refractivity contribution is 0.536. The minimum atomic E-state index is -0.514. The lowest BCUT2D eigenvalue weighted by Gasteiger charge is -2.10. The number of hydrogen-bond donors (Lipinski definition) is 1. The summed E-state index contributed by atoms with van der Waals surface area (Å²) >= 11 is 1.13. The van der Waals surface area contributed by atoms with Gasteiger partial charge in [-0.05, 0) is 50.2 Å². The van der Waals surface area contributed by atoms with Crippen LogP contribution in [0.2, 0.25) is 0 Å². The number of aryl methyl sites for hydroxylation is 2. The average Bonchev–Trinajstić information content (AvgIpc) is 2.36. The Morgan fingerprint density at radius 2 is 1.70 bits per heavy atom. The van der Waals surface area contributed by atoms with Crippen LogP contribution in [-0.4, -0.2) is 7.05 Å². The molecule has 0 amide bonds. The predicted octanol–water partition coefficient (Wildman–Crippen LogP) is 4.45. The molecular formula is C16H17F2NS. The lowest BCUT2D eigenvalue weighted by Crippen LogP contribution is -2.06. The molecule has 0 fully saturated rings. The van der Waals surface area contributed by atoms with E-state index in [9.17, 15) is 8.78 Å². The molecule has 1 N–H and O–H groups in total. The monoisotopic (exact) mass is 293 g/mol. The molecule has 20 heavy (non-hydrogen) atoms. The Kier molecular flexibility index (Phi) is 4.78. The predicted molar refractivity (Wildman–Crippen MR) is 79.2 cm³/mol. The lowest BCUT2D eigenvalue weighted by atomic mass is 10.2. The van der Waals surface area contributed by atoms with Gasteiger partial charge in [-0.1, -0.05) is 29.5 Å². The standard InChI is InChI=1S/C16H17F2NS/c1-10-4-5-15(11(2)6-10)20-16-13(17)7-12(9-19-3)8-14(16)18/h4-8,19H,9H2,1-3H3. The highest BCUT2D eigenvalue weighted by atomic mass is 32.2. The van der Waals surface area contributed by atoms with Gasteiger partial charge in [0.25, 0.3) is 0 Å². The SMILES string of the molecule is CNCc1cc(F)c(Sc2ccc(C)cc2C)c(F)c1. The molecule has 0 aliphatic rings. The number of halogens is 2. The summed E-state index contributed by atoms with van der Waals surface area (Å²) in [4.78, 5) is 0.923. The topological polar surface area (TPSA) is 12.0 Å². The summed E-state index contributed by atoms with van der Waals surface area (Å²) in [7, 11) is 1.74. The van der Waals surface area contributed by atoms with E-state index in [0.29, 0.717) is 12.1 Å². The second kappa shape index (κ2) is 6.37. The Morgan fingerprint density at radius 1 is 1.05 bits per heavy atom. The Balaban J connectivity index is 2.33. The zero-order valence-electron chi connectivity index (χ0n) is 11.8. The van der Waals surface area contributed by atoms with Gasteiger partial charge in [-0.25, -0.2) is 8.78 Å². The molecule has 0 saturated carbocycles. The number of rotatable bonds is 4. The Morgan fingerprint density at radius 3 is 2.25 bits per heavy atom. The van der Waals surface area contributed by atoms with E-state index in [0.717, 1.165) is 27.8 Å². The number of benzene rings is 2. The second-order valence-electron chi connectivity index (χ2n) is 4.79. The summed E-state index contributed by atoms with van der Waals surface area (Å²) in [5.74, 6) is -1.03. The van der Waals surface area contributed by atoms with Crippen molar-refractivity contribution in [2.24, 2.45) is 0 Å². The van der Waals surface area contributed by atoms with Crippen LogP contribution < -0.4 is 5.32 Å². The zero-order chi connectivity index (χ0) is 14.7. The highest BCUT2D eigenvalue weighted by Crippen LogP contribution is 2.34. The van der Waals surface area contributed by atoms with E-state index < -0.39 is 11.6 Å². The van der Waals surface area contributed by atoms with E-state index in [4.69, 9.17) is 0 Å². The highest BCUT2D eigenvalue weighted by molar-refractivity contribution is 7.99. The van der Waals surface area contributed by atoms with Crippen molar-refractivity contribution in [1.29, 1.82) is 0 Å². The smallest absolute Gasteiger partial charge is 0.140 e. The average molecular weight is 293 g/mol. The number of hydrogen-bond acceptors (Lipinski definition) is 2. The van der Waals surface area contributed by atoms with Crippen molar-refractivity contribution >= 4 is 11.8 Å². The first-order valence-corrected chi connectivity index (χ1v) is 7.20. The fourth-order valence-corrected chi connectivity index (χ4v) is 2.93. The van der Waals surface area contributed by atoms with Gasteiger partial charge in [0.1, 0.15) is 11.6 Å². The summed E-state index contributed by atoms with van der Waals surface area (Å²) in [6, 6.07) is 8.61. The molecule has 2 aromatic carbocycles. The molecule has 0 aromatic heterocycles. The van der Waals surface area contributed by atoms with Gasteiger partial charge in [-0.2, -0.15) is 0 Å². The van der Waals surface area contributed by atoms with Gasteiger partial charge in [0.05, 0.1) is 4.90 Å². The summed E-state index contributed by atoms with van der Waals surface area (Å²) in [6.45, 7) is 4.39. The van der Waals surface area contributed by atoms with Crippen molar-refractivity contribution in [2.75, 3.05) is 7.05 Å². The first kappa shape index (κ1) is 15.0. The molecular weight excluding hydrogens is 276 g/mol. The maximum atomic E-state index is 14.0. The van der Waals surface area contributed by atoms with Crippen LogP contribution >= 0.6 is 11.8 Å². The van der Waals surface area contributed by atoms with E-state index in [1.807, 2.05) is 32.0 Å². The molecule has 2 rings (SSSR count). The van der Waals surface area contributed by atoms with Crippen molar-refractivity contribution < 1.29 is 8.78 Å². The van der Waals surface area contributed by atoms with Gasteiger partial charge in [0.2, 0.25) is 0 Å². The Labute approximate surface area is 122 Å². The van der Waals surface area contributed by atoms with Crippen molar-refractivity contribution in [3.8, 4) is 0 Å². The van der Waals surface area contributed by atoms with E-state index in [1.54, 1.807) is 7.05 Å². The minimum absolute atomic E-state index is 0.0526. The van der Waals surface area contributed by atoms with Crippen LogP contribution in [0.1, 0.15) is 16.7 Å². The molecule has 0 radical (unpaired) electrons. The van der Waals surface area contributed by atoms with Crippen LogP contribution in [0.25, 0.3) is 0 Å². The molecule has 0 unspecified atom stereocenters. The largest absolute Gasteiger partial charge is 0.316 e. The minimum Gasteiger partial charge on any atom is -0.316 e. The van der Waals surface area contributed by atoms with Crippen molar-refractivity contribution in [3.05, 3.63) is 58.7 Å². The molecule has 1 nitrogen and oxygen atoms in total. The van der Waals surface area contributed by atoms with Crippen LogP contribution in [-0.2, 0) is 6.54 Å². The highest BCUT2D eigenvalue weighted by Gasteiger charge is 2.13. The van der Waals surface area contributed by atoms with E-state index in [1.165, 1.54) is 12.1 Å². The van der Waals surface area contributed by atoms with Crippen molar-refractivity contribution in [1.82, 2.24) is 5.32 Å². The van der Waals surface area contributed by atoms with Crippen LogP contribution in [0, 0.1) is 25.5 Å². The van der Waals surface area contributed by atoms with Gasteiger partial charge < -0.3 is 5.32 Å². The number of nitrogens with one attached hydrogen (secondary N) is 1. The summed E-state index contributed by atoms with van der Waals surface area (Å²) in [6.07, 6.45) is 0. The molecule has 2 aromatic rings. The van der Waals surface area contributed by atoms with E-state index >= 15 is 0 Å². The normalized spacial score (nSPS) is 10.8. The van der Waals surface area contributed by atoms with Crippen molar-refractivity contribution in [2.45, 2.75) is 30.2 Å². The van der Waals surface area contributed by atoms with Crippen LogP contribution in [0.15, 0.2) is 40.1 Å². The van der Waals surface area contributed by atoms with Crippen LogP contribution in [0.3, 0.4) is 0 Å². The molecule has 0 heterocycles. The van der Waals surface area contributed by atoms with E-state index in [2.05, 4.69) is 5.32 Å². The molecule has 0 saturated heterocycles. The summed E-state index contributed by atoms with van der Waals surface area (Å²) < 4.78 is 28.1. The first-order chi connectivity index (χ1) is 9.51. The maximum absolute atomic E-state index is 14.0.